The Kier molecular flexibility index (Phi) is 3.99. The van der Waals surface area contributed by atoms with Gasteiger partial charge in [-0.2, -0.15) is 0 Å². The molecule has 1 N–H and O–H groups in total. The summed E-state index contributed by atoms with van der Waals surface area (Å²) in [4.78, 5) is 11.9. The number of sulfone groups is 1. The highest BCUT2D eigenvalue weighted by molar-refractivity contribution is 7.91. The minimum Gasteiger partial charge on any atom is -0.346 e. The number of carbonyl (C=O) groups excluding carboxylic acids is 1. The van der Waals surface area contributed by atoms with Crippen LogP contribution in [0.4, 0.5) is 0 Å². The summed E-state index contributed by atoms with van der Waals surface area (Å²) in [5.41, 5.74) is 1.43. The molecule has 1 aliphatic rings. The highest BCUT2D eigenvalue weighted by atomic mass is 32.2. The maximum Gasteiger partial charge on any atom is 0.244 e. The Balaban J connectivity index is 2.00. The maximum atomic E-state index is 11.9. The largest absolute Gasteiger partial charge is 0.346 e. The first kappa shape index (κ1) is 14.8. The van der Waals surface area contributed by atoms with Crippen molar-refractivity contribution in [1.82, 2.24) is 5.32 Å². The van der Waals surface area contributed by atoms with E-state index >= 15 is 0 Å². The number of nitrogens with one attached hydrogen (secondary N) is 1. The van der Waals surface area contributed by atoms with E-state index in [1.165, 1.54) is 6.08 Å². The Bertz CT molecular complexity index is 649. The van der Waals surface area contributed by atoms with Gasteiger partial charge in [-0.25, -0.2) is 8.42 Å². The predicted octanol–water partition coefficient (Wildman–Crippen LogP) is 1.70. The van der Waals surface area contributed by atoms with Crippen LogP contribution < -0.4 is 5.32 Å². The SMILES string of the molecule is Cc1cccc(/C=C/C(=O)NC2(C)CCS(=O)(=O)C2)c1. The molecule has 0 aliphatic carbocycles. The molecule has 0 saturated carbocycles. The number of amides is 1. The fraction of sp³-hybridized carbons (Fsp3) is 0.400. The lowest BCUT2D eigenvalue weighted by molar-refractivity contribution is -0.117. The third-order valence-electron chi connectivity index (χ3n) is 3.40. The van der Waals surface area contributed by atoms with Crippen molar-refractivity contribution in [2.24, 2.45) is 0 Å². The van der Waals surface area contributed by atoms with Crippen LogP contribution >= 0.6 is 0 Å². The van der Waals surface area contributed by atoms with Crippen molar-refractivity contribution in [1.29, 1.82) is 0 Å². The van der Waals surface area contributed by atoms with E-state index in [4.69, 9.17) is 0 Å². The van der Waals surface area contributed by atoms with Crippen LogP contribution in [0.2, 0.25) is 0 Å². The average molecular weight is 293 g/mol. The van der Waals surface area contributed by atoms with Gasteiger partial charge in [0.25, 0.3) is 0 Å². The molecule has 0 spiro atoms. The number of benzene rings is 1. The molecular weight excluding hydrogens is 274 g/mol. The molecule has 0 bridgehead atoms. The number of hydrogen-bond donors (Lipinski definition) is 1. The minimum absolute atomic E-state index is 0.0179. The van der Waals surface area contributed by atoms with Gasteiger partial charge in [-0.15, -0.1) is 0 Å². The molecule has 0 aromatic heterocycles. The number of rotatable bonds is 3. The van der Waals surface area contributed by atoms with Crippen molar-refractivity contribution in [2.45, 2.75) is 25.8 Å². The molecule has 2 rings (SSSR count). The zero-order chi connectivity index (χ0) is 14.8. The summed E-state index contributed by atoms with van der Waals surface area (Å²) < 4.78 is 23.0. The van der Waals surface area contributed by atoms with E-state index in [0.717, 1.165) is 11.1 Å². The van der Waals surface area contributed by atoms with Crippen molar-refractivity contribution < 1.29 is 13.2 Å². The number of carbonyl (C=O) groups is 1. The summed E-state index contributed by atoms with van der Waals surface area (Å²) in [7, 11) is -3.01. The van der Waals surface area contributed by atoms with E-state index in [0.29, 0.717) is 6.42 Å². The van der Waals surface area contributed by atoms with Crippen molar-refractivity contribution in [3.8, 4) is 0 Å². The van der Waals surface area contributed by atoms with E-state index in [1.54, 1.807) is 13.0 Å². The summed E-state index contributed by atoms with van der Waals surface area (Å²) in [5.74, 6) is -0.0961. The Morgan fingerprint density at radius 1 is 1.40 bits per heavy atom. The molecule has 108 valence electrons. The first-order valence-corrected chi connectivity index (χ1v) is 8.38. The highest BCUT2D eigenvalue weighted by Crippen LogP contribution is 2.22. The molecule has 1 atom stereocenters. The third-order valence-corrected chi connectivity index (χ3v) is 5.30. The second-order valence-electron chi connectivity index (χ2n) is 5.64. The van der Waals surface area contributed by atoms with Gasteiger partial charge in [-0.05, 0) is 31.9 Å². The lowest BCUT2D eigenvalue weighted by Gasteiger charge is -2.22. The van der Waals surface area contributed by atoms with Crippen molar-refractivity contribution >= 4 is 21.8 Å². The van der Waals surface area contributed by atoms with Gasteiger partial charge in [0.05, 0.1) is 17.0 Å². The Hall–Kier alpha value is -1.62. The number of aryl methyl sites for hydroxylation is 1. The van der Waals surface area contributed by atoms with Gasteiger partial charge >= 0.3 is 0 Å². The molecule has 0 radical (unpaired) electrons. The quantitative estimate of drug-likeness (QED) is 0.863. The fourth-order valence-electron chi connectivity index (χ4n) is 2.39. The van der Waals surface area contributed by atoms with Crippen LogP contribution in [0.5, 0.6) is 0 Å². The molecule has 1 aromatic carbocycles. The van der Waals surface area contributed by atoms with Crippen LogP contribution in [0.1, 0.15) is 24.5 Å². The summed E-state index contributed by atoms with van der Waals surface area (Å²) in [6, 6.07) is 7.81. The van der Waals surface area contributed by atoms with Crippen molar-refractivity contribution in [3.63, 3.8) is 0 Å². The monoisotopic (exact) mass is 293 g/mol. The molecule has 1 heterocycles. The van der Waals surface area contributed by atoms with E-state index in [9.17, 15) is 13.2 Å². The normalized spacial score (nSPS) is 24.9. The van der Waals surface area contributed by atoms with Gasteiger partial charge in [-0.1, -0.05) is 29.8 Å². The molecule has 1 unspecified atom stereocenters. The van der Waals surface area contributed by atoms with E-state index < -0.39 is 15.4 Å². The van der Waals surface area contributed by atoms with Gasteiger partial charge in [0, 0.05) is 6.08 Å². The summed E-state index contributed by atoms with van der Waals surface area (Å²) in [6.07, 6.45) is 3.65. The fourth-order valence-corrected chi connectivity index (χ4v) is 4.49. The molecule has 1 aromatic rings. The lowest BCUT2D eigenvalue weighted by atomic mass is 10.0. The maximum absolute atomic E-state index is 11.9. The second-order valence-corrected chi connectivity index (χ2v) is 7.82. The Labute approximate surface area is 119 Å². The number of hydrogen-bond acceptors (Lipinski definition) is 3. The van der Waals surface area contributed by atoms with Gasteiger partial charge in [-0.3, -0.25) is 4.79 Å². The van der Waals surface area contributed by atoms with Gasteiger partial charge in [0.1, 0.15) is 0 Å². The molecule has 1 fully saturated rings. The molecule has 4 nitrogen and oxygen atoms in total. The molecule has 1 aliphatic heterocycles. The predicted molar refractivity (Wildman–Crippen MR) is 80.0 cm³/mol. The minimum atomic E-state index is -3.01. The third kappa shape index (κ3) is 3.93. The van der Waals surface area contributed by atoms with Crippen molar-refractivity contribution in [2.75, 3.05) is 11.5 Å². The molecule has 1 saturated heterocycles. The highest BCUT2D eigenvalue weighted by Gasteiger charge is 2.38. The average Bonchev–Trinajstić information content (AvgIpc) is 2.61. The van der Waals surface area contributed by atoms with E-state index in [1.807, 2.05) is 31.2 Å². The standard InChI is InChI=1S/C15H19NO3S/c1-12-4-3-5-13(10-12)6-7-14(17)16-15(2)8-9-20(18,19)11-15/h3-7,10H,8-9,11H2,1-2H3,(H,16,17)/b7-6+. The zero-order valence-corrected chi connectivity index (χ0v) is 12.5. The zero-order valence-electron chi connectivity index (χ0n) is 11.7. The van der Waals surface area contributed by atoms with Crippen LogP contribution in [-0.2, 0) is 14.6 Å². The van der Waals surface area contributed by atoms with Crippen LogP contribution in [-0.4, -0.2) is 31.4 Å². The van der Waals surface area contributed by atoms with Gasteiger partial charge < -0.3 is 5.32 Å². The van der Waals surface area contributed by atoms with Crippen LogP contribution in [0.15, 0.2) is 30.3 Å². The summed E-state index contributed by atoms with van der Waals surface area (Å²) in [5, 5.41) is 2.79. The summed E-state index contributed by atoms with van der Waals surface area (Å²) >= 11 is 0. The first-order valence-electron chi connectivity index (χ1n) is 6.55. The Morgan fingerprint density at radius 3 is 2.75 bits per heavy atom. The lowest BCUT2D eigenvalue weighted by Crippen LogP contribution is -2.46. The van der Waals surface area contributed by atoms with Gasteiger partial charge in [0.15, 0.2) is 9.84 Å². The topological polar surface area (TPSA) is 63.2 Å². The van der Waals surface area contributed by atoms with Crippen molar-refractivity contribution in [3.05, 3.63) is 41.5 Å². The smallest absolute Gasteiger partial charge is 0.244 e. The molecule has 5 heteroatoms. The van der Waals surface area contributed by atoms with Crippen LogP contribution in [0.25, 0.3) is 6.08 Å². The van der Waals surface area contributed by atoms with Crippen LogP contribution in [0, 0.1) is 6.92 Å². The molecule has 20 heavy (non-hydrogen) atoms. The Morgan fingerprint density at radius 2 is 2.15 bits per heavy atom. The summed E-state index contributed by atoms with van der Waals surface area (Å²) in [6.45, 7) is 3.76. The second kappa shape index (κ2) is 5.40. The van der Waals surface area contributed by atoms with E-state index in [2.05, 4.69) is 5.32 Å². The first-order chi connectivity index (χ1) is 9.28. The van der Waals surface area contributed by atoms with Gasteiger partial charge in [0.2, 0.25) is 5.91 Å². The van der Waals surface area contributed by atoms with E-state index in [-0.39, 0.29) is 17.4 Å². The van der Waals surface area contributed by atoms with Crippen LogP contribution in [0.3, 0.4) is 0 Å². The molecular formula is C15H19NO3S. The molecule has 1 amide bonds.